The fourth-order valence-corrected chi connectivity index (χ4v) is 2.75. The first-order valence-electron chi connectivity index (χ1n) is 5.72. The van der Waals surface area contributed by atoms with Crippen molar-refractivity contribution >= 4 is 15.8 Å². The van der Waals surface area contributed by atoms with E-state index in [-0.39, 0.29) is 4.90 Å². The van der Waals surface area contributed by atoms with Crippen LogP contribution in [-0.2, 0) is 16.6 Å². The molecule has 0 fully saturated rings. The molecule has 0 unspecified atom stereocenters. The molecular formula is C13H15N3O2S. The van der Waals surface area contributed by atoms with Crippen LogP contribution in [0.2, 0.25) is 0 Å². The highest BCUT2D eigenvalue weighted by molar-refractivity contribution is 7.89. The Morgan fingerprint density at radius 2 is 1.84 bits per heavy atom. The Balaban J connectivity index is 2.22. The maximum atomic E-state index is 12.3. The second kappa shape index (κ2) is 5.38. The molecule has 0 radical (unpaired) electrons. The molecule has 19 heavy (non-hydrogen) atoms. The Labute approximate surface area is 112 Å². The van der Waals surface area contributed by atoms with Crippen molar-refractivity contribution < 1.29 is 8.42 Å². The van der Waals surface area contributed by atoms with Gasteiger partial charge in [0.2, 0.25) is 10.0 Å². The van der Waals surface area contributed by atoms with Gasteiger partial charge in [-0.3, -0.25) is 0 Å². The monoisotopic (exact) mass is 277 g/mol. The van der Waals surface area contributed by atoms with E-state index in [4.69, 9.17) is 5.73 Å². The van der Waals surface area contributed by atoms with Crippen molar-refractivity contribution in [2.24, 2.45) is 0 Å². The highest BCUT2D eigenvalue weighted by Gasteiger charge is 2.21. The van der Waals surface area contributed by atoms with Crippen molar-refractivity contribution in [2.45, 2.75) is 11.4 Å². The third kappa shape index (κ3) is 3.10. The van der Waals surface area contributed by atoms with Gasteiger partial charge in [0.15, 0.2) is 0 Å². The molecule has 0 saturated heterocycles. The molecule has 2 rings (SSSR count). The molecule has 0 spiro atoms. The number of nitrogens with zero attached hydrogens (tertiary/aromatic N) is 2. The Bertz CT molecular complexity index is 639. The van der Waals surface area contributed by atoms with Gasteiger partial charge in [0, 0.05) is 19.8 Å². The standard InChI is InChI=1S/C13H15N3O2S/c1-16(10-11-5-3-2-4-6-11)19(17,18)12-7-8-13(14)15-9-12/h2-9H,10H2,1H3,(H2,14,15). The predicted molar refractivity (Wildman–Crippen MR) is 73.7 cm³/mol. The highest BCUT2D eigenvalue weighted by atomic mass is 32.2. The topological polar surface area (TPSA) is 76.3 Å². The second-order valence-corrected chi connectivity index (χ2v) is 6.21. The number of sulfonamides is 1. The minimum absolute atomic E-state index is 0.139. The van der Waals surface area contributed by atoms with Crippen LogP contribution in [0.3, 0.4) is 0 Å². The number of nitrogens with two attached hydrogens (primary N) is 1. The molecule has 1 aromatic carbocycles. The van der Waals surface area contributed by atoms with E-state index >= 15 is 0 Å². The van der Waals surface area contributed by atoms with E-state index in [1.54, 1.807) is 7.05 Å². The Morgan fingerprint density at radius 3 is 2.42 bits per heavy atom. The van der Waals surface area contributed by atoms with E-state index in [0.29, 0.717) is 12.4 Å². The number of rotatable bonds is 4. The molecule has 0 amide bonds. The maximum absolute atomic E-state index is 12.3. The summed E-state index contributed by atoms with van der Waals surface area (Å²) >= 11 is 0. The van der Waals surface area contributed by atoms with Crippen molar-refractivity contribution in [1.29, 1.82) is 0 Å². The fraction of sp³-hybridized carbons (Fsp3) is 0.154. The first-order valence-corrected chi connectivity index (χ1v) is 7.16. The Hall–Kier alpha value is -1.92. The molecular weight excluding hydrogens is 262 g/mol. The summed E-state index contributed by atoms with van der Waals surface area (Å²) in [6.07, 6.45) is 1.27. The van der Waals surface area contributed by atoms with Crippen LogP contribution in [0.5, 0.6) is 0 Å². The number of benzene rings is 1. The van der Waals surface area contributed by atoms with Crippen LogP contribution < -0.4 is 5.73 Å². The van der Waals surface area contributed by atoms with E-state index in [0.717, 1.165) is 5.56 Å². The van der Waals surface area contributed by atoms with Gasteiger partial charge in [-0.1, -0.05) is 30.3 Å². The Kier molecular flexibility index (Phi) is 3.82. The van der Waals surface area contributed by atoms with E-state index in [1.165, 1.54) is 22.6 Å². The van der Waals surface area contributed by atoms with Gasteiger partial charge in [-0.05, 0) is 17.7 Å². The smallest absolute Gasteiger partial charge is 0.244 e. The molecule has 0 atom stereocenters. The lowest BCUT2D eigenvalue weighted by Crippen LogP contribution is -2.26. The minimum Gasteiger partial charge on any atom is -0.384 e. The number of aromatic nitrogens is 1. The largest absolute Gasteiger partial charge is 0.384 e. The molecule has 0 saturated carbocycles. The average Bonchev–Trinajstić information content (AvgIpc) is 2.40. The van der Waals surface area contributed by atoms with Gasteiger partial charge in [-0.25, -0.2) is 13.4 Å². The van der Waals surface area contributed by atoms with Gasteiger partial charge in [0.05, 0.1) is 0 Å². The summed E-state index contributed by atoms with van der Waals surface area (Å²) < 4.78 is 25.9. The second-order valence-electron chi connectivity index (χ2n) is 4.17. The summed E-state index contributed by atoms with van der Waals surface area (Å²) in [5.74, 6) is 0.296. The molecule has 5 nitrogen and oxygen atoms in total. The zero-order valence-corrected chi connectivity index (χ0v) is 11.3. The van der Waals surface area contributed by atoms with Crippen LogP contribution in [0.25, 0.3) is 0 Å². The van der Waals surface area contributed by atoms with Crippen molar-refractivity contribution in [3.05, 3.63) is 54.2 Å². The van der Waals surface area contributed by atoms with Gasteiger partial charge in [0.1, 0.15) is 10.7 Å². The van der Waals surface area contributed by atoms with Gasteiger partial charge < -0.3 is 5.73 Å². The van der Waals surface area contributed by atoms with Gasteiger partial charge in [0.25, 0.3) is 0 Å². The molecule has 0 aliphatic heterocycles. The lowest BCUT2D eigenvalue weighted by molar-refractivity contribution is 0.466. The summed E-state index contributed by atoms with van der Waals surface area (Å²) in [6, 6.07) is 12.3. The molecule has 0 aliphatic carbocycles. The summed E-state index contributed by atoms with van der Waals surface area (Å²) in [4.78, 5) is 3.95. The van der Waals surface area contributed by atoms with Crippen LogP contribution in [0.1, 0.15) is 5.56 Å². The molecule has 2 aromatic rings. The van der Waals surface area contributed by atoms with Crippen LogP contribution in [-0.4, -0.2) is 24.8 Å². The number of nitrogen functional groups attached to an aromatic ring is 1. The number of anilines is 1. The molecule has 100 valence electrons. The molecule has 0 bridgehead atoms. The quantitative estimate of drug-likeness (QED) is 0.918. The summed E-state index contributed by atoms with van der Waals surface area (Å²) in [5, 5.41) is 0. The predicted octanol–water partition coefficient (Wildman–Crippen LogP) is 1.48. The zero-order valence-electron chi connectivity index (χ0n) is 10.5. The molecule has 1 heterocycles. The summed E-state index contributed by atoms with van der Waals surface area (Å²) in [6.45, 7) is 0.313. The van der Waals surface area contributed by atoms with Gasteiger partial charge in [-0.2, -0.15) is 4.31 Å². The number of hydrogen-bond acceptors (Lipinski definition) is 4. The van der Waals surface area contributed by atoms with Crippen LogP contribution in [0.15, 0.2) is 53.6 Å². The first-order chi connectivity index (χ1) is 9.00. The zero-order chi connectivity index (χ0) is 13.9. The SMILES string of the molecule is CN(Cc1ccccc1)S(=O)(=O)c1ccc(N)nc1. The van der Waals surface area contributed by atoms with Crippen LogP contribution in [0, 0.1) is 0 Å². The molecule has 1 aromatic heterocycles. The molecule has 2 N–H and O–H groups in total. The van der Waals surface area contributed by atoms with Crippen molar-refractivity contribution in [3.8, 4) is 0 Å². The Morgan fingerprint density at radius 1 is 1.16 bits per heavy atom. The van der Waals surface area contributed by atoms with Crippen LogP contribution in [0.4, 0.5) is 5.82 Å². The summed E-state index contributed by atoms with van der Waals surface area (Å²) in [7, 11) is -2.00. The first kappa shape index (κ1) is 13.5. The lowest BCUT2D eigenvalue weighted by Gasteiger charge is -2.17. The third-order valence-electron chi connectivity index (χ3n) is 2.72. The van der Waals surface area contributed by atoms with E-state index in [1.807, 2.05) is 30.3 Å². The minimum atomic E-state index is -3.54. The summed E-state index contributed by atoms with van der Waals surface area (Å²) in [5.41, 5.74) is 6.38. The van der Waals surface area contributed by atoms with Gasteiger partial charge >= 0.3 is 0 Å². The van der Waals surface area contributed by atoms with Crippen molar-refractivity contribution in [1.82, 2.24) is 9.29 Å². The fourth-order valence-electron chi connectivity index (χ4n) is 1.65. The molecule has 6 heteroatoms. The van der Waals surface area contributed by atoms with E-state index in [2.05, 4.69) is 4.98 Å². The highest BCUT2D eigenvalue weighted by Crippen LogP contribution is 2.16. The third-order valence-corrected chi connectivity index (χ3v) is 4.50. The maximum Gasteiger partial charge on any atom is 0.244 e. The molecule has 0 aliphatic rings. The van der Waals surface area contributed by atoms with Crippen molar-refractivity contribution in [2.75, 3.05) is 12.8 Å². The van der Waals surface area contributed by atoms with Gasteiger partial charge in [-0.15, -0.1) is 0 Å². The average molecular weight is 277 g/mol. The van der Waals surface area contributed by atoms with E-state index < -0.39 is 10.0 Å². The normalized spacial score (nSPS) is 11.7. The number of hydrogen-bond donors (Lipinski definition) is 1. The lowest BCUT2D eigenvalue weighted by atomic mass is 10.2. The van der Waals surface area contributed by atoms with E-state index in [9.17, 15) is 8.42 Å². The van der Waals surface area contributed by atoms with Crippen molar-refractivity contribution in [3.63, 3.8) is 0 Å². The number of pyridine rings is 1. The van der Waals surface area contributed by atoms with Crippen LogP contribution >= 0.6 is 0 Å².